The molecule has 2 N–H and O–H groups in total. The van der Waals surface area contributed by atoms with Gasteiger partial charge in [-0.05, 0) is 19.8 Å². The molecule has 1 fully saturated rings. The third-order valence-corrected chi connectivity index (χ3v) is 4.94. The van der Waals surface area contributed by atoms with Crippen molar-refractivity contribution in [1.82, 2.24) is 10.0 Å². The normalized spacial score (nSPS) is 23.2. The van der Waals surface area contributed by atoms with Gasteiger partial charge in [0.05, 0.1) is 0 Å². The molecule has 1 heterocycles. The molecule has 0 spiro atoms. The highest BCUT2D eigenvalue weighted by molar-refractivity contribution is 7.89. The predicted molar refractivity (Wildman–Crippen MR) is 71.7 cm³/mol. The molecule has 1 aliphatic heterocycles. The fraction of sp³-hybridized carbons (Fsp3) is 0.538. The van der Waals surface area contributed by atoms with Crippen LogP contribution in [0.2, 0.25) is 0 Å². The highest BCUT2D eigenvalue weighted by Crippen LogP contribution is 2.20. The van der Waals surface area contributed by atoms with E-state index in [1.807, 2.05) is 6.92 Å². The molecule has 1 aliphatic rings. The first kappa shape index (κ1) is 16.3. The average molecular weight is 322 g/mol. The smallest absolute Gasteiger partial charge is 0.246 e. The zero-order chi connectivity index (χ0) is 15.6. The van der Waals surface area contributed by atoms with Gasteiger partial charge in [0.25, 0.3) is 0 Å². The van der Waals surface area contributed by atoms with Gasteiger partial charge in [-0.1, -0.05) is 6.42 Å². The van der Waals surface area contributed by atoms with Crippen LogP contribution in [0.3, 0.4) is 0 Å². The Kier molecular flexibility index (Phi) is 4.90. The molecule has 2 unspecified atom stereocenters. The fourth-order valence-corrected chi connectivity index (χ4v) is 3.66. The summed E-state index contributed by atoms with van der Waals surface area (Å²) >= 11 is 0. The van der Waals surface area contributed by atoms with Crippen LogP contribution in [0.1, 0.15) is 26.2 Å². The van der Waals surface area contributed by atoms with Gasteiger partial charge in [0, 0.05) is 30.8 Å². The molecule has 118 valence electrons. The maximum atomic E-state index is 13.5. The average Bonchev–Trinajstić information content (AvgIpc) is 2.35. The van der Waals surface area contributed by atoms with Gasteiger partial charge >= 0.3 is 0 Å². The molecule has 0 radical (unpaired) electrons. The molecule has 1 saturated heterocycles. The van der Waals surface area contributed by atoms with Gasteiger partial charge in [-0.3, -0.25) is 0 Å². The van der Waals surface area contributed by atoms with Gasteiger partial charge in [0.15, 0.2) is 4.90 Å². The summed E-state index contributed by atoms with van der Waals surface area (Å²) in [6.07, 6.45) is 2.74. The molecule has 0 aliphatic carbocycles. The first-order valence-electron chi connectivity index (χ1n) is 6.70. The second-order valence-electron chi connectivity index (χ2n) is 5.25. The van der Waals surface area contributed by atoms with Crippen molar-refractivity contribution in [3.05, 3.63) is 29.6 Å². The topological polar surface area (TPSA) is 58.2 Å². The lowest BCUT2D eigenvalue weighted by atomic mass is 10.00. The van der Waals surface area contributed by atoms with Crippen molar-refractivity contribution in [3.63, 3.8) is 0 Å². The summed E-state index contributed by atoms with van der Waals surface area (Å²) in [6.45, 7) is 2.02. The van der Waals surface area contributed by atoms with Crippen molar-refractivity contribution in [3.8, 4) is 0 Å². The van der Waals surface area contributed by atoms with E-state index in [0.717, 1.165) is 19.3 Å². The Hall–Kier alpha value is -1.12. The highest BCUT2D eigenvalue weighted by Gasteiger charge is 2.26. The van der Waals surface area contributed by atoms with E-state index in [1.54, 1.807) is 0 Å². The van der Waals surface area contributed by atoms with Crippen LogP contribution in [-0.4, -0.2) is 27.0 Å². The lowest BCUT2D eigenvalue weighted by Gasteiger charge is -2.28. The molecule has 21 heavy (non-hydrogen) atoms. The van der Waals surface area contributed by atoms with Crippen molar-refractivity contribution in [2.45, 2.75) is 43.2 Å². The number of rotatable bonds is 4. The Morgan fingerprint density at radius 1 is 1.24 bits per heavy atom. The van der Waals surface area contributed by atoms with E-state index in [4.69, 9.17) is 0 Å². The summed E-state index contributed by atoms with van der Waals surface area (Å²) < 4.78 is 66.0. The molecule has 1 aromatic rings. The van der Waals surface area contributed by atoms with Crippen LogP contribution in [0.15, 0.2) is 17.0 Å². The van der Waals surface area contributed by atoms with Gasteiger partial charge in [-0.25, -0.2) is 26.3 Å². The number of hydrogen-bond acceptors (Lipinski definition) is 3. The molecule has 0 aromatic heterocycles. The number of sulfonamides is 1. The van der Waals surface area contributed by atoms with E-state index < -0.39 is 32.4 Å². The van der Waals surface area contributed by atoms with Crippen LogP contribution >= 0.6 is 0 Å². The van der Waals surface area contributed by atoms with E-state index >= 15 is 0 Å². The Labute approximate surface area is 121 Å². The van der Waals surface area contributed by atoms with E-state index in [9.17, 15) is 21.6 Å². The molecule has 1 aromatic carbocycles. The first-order valence-corrected chi connectivity index (χ1v) is 8.18. The standard InChI is InChI=1S/C13H17F3N2O2S/c1-8-3-2-4-10(18-8)7-17-21(19,20)13-11(15)5-9(14)6-12(13)16/h5-6,8,10,17-18H,2-4,7H2,1H3. The summed E-state index contributed by atoms with van der Waals surface area (Å²) in [5.74, 6) is -4.04. The minimum atomic E-state index is -4.36. The van der Waals surface area contributed by atoms with Gasteiger partial charge < -0.3 is 5.32 Å². The van der Waals surface area contributed by atoms with E-state index in [0.29, 0.717) is 12.1 Å². The van der Waals surface area contributed by atoms with Crippen molar-refractivity contribution in [2.75, 3.05) is 6.54 Å². The summed E-state index contributed by atoms with van der Waals surface area (Å²) in [5, 5.41) is 3.20. The second-order valence-corrected chi connectivity index (χ2v) is 6.95. The molecule has 4 nitrogen and oxygen atoms in total. The molecule has 2 atom stereocenters. The molecule has 8 heteroatoms. The third kappa shape index (κ3) is 3.96. The predicted octanol–water partition coefficient (Wildman–Crippen LogP) is 1.91. The first-order chi connectivity index (χ1) is 9.79. The van der Waals surface area contributed by atoms with Crippen molar-refractivity contribution in [1.29, 1.82) is 0 Å². The summed E-state index contributed by atoms with van der Waals surface area (Å²) in [7, 11) is -4.36. The van der Waals surface area contributed by atoms with E-state index in [1.165, 1.54) is 0 Å². The molecule has 2 rings (SSSR count). The zero-order valence-electron chi connectivity index (χ0n) is 11.5. The zero-order valence-corrected chi connectivity index (χ0v) is 12.3. The lowest BCUT2D eigenvalue weighted by molar-refractivity contribution is 0.334. The van der Waals surface area contributed by atoms with Crippen LogP contribution in [0, 0.1) is 17.5 Å². The monoisotopic (exact) mass is 322 g/mol. The Morgan fingerprint density at radius 3 is 2.43 bits per heavy atom. The maximum absolute atomic E-state index is 13.5. The van der Waals surface area contributed by atoms with Crippen LogP contribution in [-0.2, 0) is 10.0 Å². The Morgan fingerprint density at radius 2 is 1.86 bits per heavy atom. The summed E-state index contributed by atoms with van der Waals surface area (Å²) in [5.41, 5.74) is 0. The van der Waals surface area contributed by atoms with Crippen molar-refractivity contribution < 1.29 is 21.6 Å². The van der Waals surface area contributed by atoms with E-state index in [-0.39, 0.29) is 18.6 Å². The summed E-state index contributed by atoms with van der Waals surface area (Å²) in [4.78, 5) is -1.15. The quantitative estimate of drug-likeness (QED) is 0.890. The Balaban J connectivity index is 2.12. The molecule has 0 saturated carbocycles. The largest absolute Gasteiger partial charge is 0.310 e. The minimum Gasteiger partial charge on any atom is -0.310 e. The van der Waals surface area contributed by atoms with Crippen LogP contribution < -0.4 is 10.0 Å². The number of halogens is 3. The lowest BCUT2D eigenvalue weighted by Crippen LogP contribution is -2.47. The highest BCUT2D eigenvalue weighted by atomic mass is 32.2. The van der Waals surface area contributed by atoms with Gasteiger partial charge in [0.2, 0.25) is 10.0 Å². The minimum absolute atomic E-state index is 0.0307. The molecule has 0 amide bonds. The van der Waals surface area contributed by atoms with Crippen LogP contribution in [0.4, 0.5) is 13.2 Å². The van der Waals surface area contributed by atoms with Crippen molar-refractivity contribution in [2.24, 2.45) is 0 Å². The Bertz CT molecular complexity index is 599. The molecule has 0 bridgehead atoms. The fourth-order valence-electron chi connectivity index (χ4n) is 2.47. The van der Waals surface area contributed by atoms with Crippen molar-refractivity contribution >= 4 is 10.0 Å². The third-order valence-electron chi connectivity index (χ3n) is 3.46. The SMILES string of the molecule is CC1CCCC(CNS(=O)(=O)c2c(F)cc(F)cc2F)N1. The number of nitrogens with one attached hydrogen (secondary N) is 2. The maximum Gasteiger partial charge on any atom is 0.246 e. The van der Waals surface area contributed by atoms with E-state index in [2.05, 4.69) is 10.0 Å². The molecular weight excluding hydrogens is 305 g/mol. The summed E-state index contributed by atoms with van der Waals surface area (Å²) in [6, 6.07) is 0.875. The number of benzene rings is 1. The van der Waals surface area contributed by atoms with Crippen LogP contribution in [0.5, 0.6) is 0 Å². The van der Waals surface area contributed by atoms with Gasteiger partial charge in [0.1, 0.15) is 17.5 Å². The molecular formula is C13H17F3N2O2S. The number of hydrogen-bond donors (Lipinski definition) is 2. The second kappa shape index (κ2) is 6.33. The van der Waals surface area contributed by atoms with Gasteiger partial charge in [-0.2, -0.15) is 0 Å². The number of piperidine rings is 1. The van der Waals surface area contributed by atoms with Gasteiger partial charge in [-0.15, -0.1) is 0 Å². The van der Waals surface area contributed by atoms with Crippen LogP contribution in [0.25, 0.3) is 0 Å².